The van der Waals surface area contributed by atoms with Crippen LogP contribution in [-0.4, -0.2) is 40.3 Å². The van der Waals surface area contributed by atoms with Crippen molar-refractivity contribution in [2.75, 3.05) is 26.4 Å². The molecule has 0 bridgehead atoms. The Morgan fingerprint density at radius 3 is 2.27 bits per heavy atom. The highest BCUT2D eigenvalue weighted by atomic mass is 28.3. The molecule has 0 amide bonds. The monoisotopic (exact) mass is 324 g/mol. The molecule has 0 aromatic heterocycles. The summed E-state index contributed by atoms with van der Waals surface area (Å²) in [6, 6.07) is 0. The Morgan fingerprint density at radius 1 is 1.14 bits per heavy atom. The van der Waals surface area contributed by atoms with Crippen molar-refractivity contribution in [2.45, 2.75) is 70.4 Å². The molecular weight excluding hydrogens is 292 g/mol. The maximum atomic E-state index is 5.80. The van der Waals surface area contributed by atoms with E-state index in [-0.39, 0.29) is 5.79 Å². The van der Waals surface area contributed by atoms with E-state index < -0.39 is 8.07 Å². The summed E-state index contributed by atoms with van der Waals surface area (Å²) in [4.78, 5) is 0. The Morgan fingerprint density at radius 2 is 1.73 bits per heavy atom. The van der Waals surface area contributed by atoms with Crippen LogP contribution >= 0.6 is 0 Å². The Labute approximate surface area is 137 Å². The van der Waals surface area contributed by atoms with E-state index in [4.69, 9.17) is 14.2 Å². The zero-order chi connectivity index (χ0) is 16.3. The fourth-order valence-corrected chi connectivity index (χ4v) is 3.68. The maximum absolute atomic E-state index is 5.80. The summed E-state index contributed by atoms with van der Waals surface area (Å²) >= 11 is 0. The lowest BCUT2D eigenvalue weighted by Gasteiger charge is -2.35. The summed E-state index contributed by atoms with van der Waals surface area (Å²) in [7, 11) is -1.49. The van der Waals surface area contributed by atoms with Gasteiger partial charge in [0, 0.05) is 12.8 Å². The molecule has 126 valence electrons. The molecule has 2 aliphatic rings. The minimum absolute atomic E-state index is 0.251. The second-order valence-electron chi connectivity index (χ2n) is 8.24. The minimum Gasteiger partial charge on any atom is -0.369 e. The molecular formula is C18H32O3Si. The van der Waals surface area contributed by atoms with Gasteiger partial charge in [0.1, 0.15) is 14.7 Å². The van der Waals surface area contributed by atoms with E-state index in [1.54, 1.807) is 0 Å². The van der Waals surface area contributed by atoms with E-state index in [1.165, 1.54) is 0 Å². The van der Waals surface area contributed by atoms with Gasteiger partial charge >= 0.3 is 0 Å². The van der Waals surface area contributed by atoms with Crippen molar-refractivity contribution in [2.24, 2.45) is 5.92 Å². The molecule has 0 aromatic carbocycles. The third-order valence-electron chi connectivity index (χ3n) is 5.48. The maximum Gasteiger partial charge on any atom is 0.168 e. The summed E-state index contributed by atoms with van der Waals surface area (Å²) in [6.07, 6.45) is 4.29. The molecule has 0 radical (unpaired) electrons. The van der Waals surface area contributed by atoms with Crippen LogP contribution in [0, 0.1) is 17.4 Å². The molecule has 1 heterocycles. The van der Waals surface area contributed by atoms with Crippen molar-refractivity contribution in [1.29, 1.82) is 0 Å². The molecule has 1 spiro atoms. The van der Waals surface area contributed by atoms with Crippen molar-refractivity contribution in [1.82, 2.24) is 0 Å². The molecule has 0 aromatic rings. The topological polar surface area (TPSA) is 27.7 Å². The highest BCUT2D eigenvalue weighted by molar-refractivity contribution is 6.87. The SMILES string of the molecule is CC(C)(C)[Si](C)(C)C#CCOCC1CCC2(CC1)OCCO2. The van der Waals surface area contributed by atoms with Gasteiger partial charge in [-0.2, -0.15) is 0 Å². The molecule has 3 nitrogen and oxygen atoms in total. The molecule has 1 saturated heterocycles. The van der Waals surface area contributed by atoms with Crippen LogP contribution in [0.1, 0.15) is 46.5 Å². The molecule has 0 N–H and O–H groups in total. The lowest BCUT2D eigenvalue weighted by molar-refractivity contribution is -0.184. The van der Waals surface area contributed by atoms with Crippen LogP contribution < -0.4 is 0 Å². The van der Waals surface area contributed by atoms with Gasteiger partial charge < -0.3 is 14.2 Å². The van der Waals surface area contributed by atoms with Gasteiger partial charge in [0.05, 0.1) is 19.8 Å². The van der Waals surface area contributed by atoms with Crippen LogP contribution in [0.15, 0.2) is 0 Å². The van der Waals surface area contributed by atoms with E-state index in [0.29, 0.717) is 17.6 Å². The van der Waals surface area contributed by atoms with Crippen molar-refractivity contribution in [3.05, 3.63) is 0 Å². The molecule has 4 heteroatoms. The summed E-state index contributed by atoms with van der Waals surface area (Å²) in [5.74, 6) is 3.64. The first-order chi connectivity index (χ1) is 10.2. The van der Waals surface area contributed by atoms with Crippen molar-refractivity contribution in [3.63, 3.8) is 0 Å². The largest absolute Gasteiger partial charge is 0.369 e. The van der Waals surface area contributed by atoms with E-state index in [2.05, 4.69) is 45.3 Å². The zero-order valence-electron chi connectivity index (χ0n) is 15.0. The third kappa shape index (κ3) is 4.58. The average Bonchev–Trinajstić information content (AvgIpc) is 2.88. The molecule has 22 heavy (non-hydrogen) atoms. The van der Waals surface area contributed by atoms with Gasteiger partial charge in [-0.05, 0) is 23.8 Å². The fourth-order valence-electron chi connectivity index (χ4n) is 2.79. The molecule has 1 aliphatic carbocycles. The Kier molecular flexibility index (Phi) is 5.77. The van der Waals surface area contributed by atoms with Gasteiger partial charge in [-0.3, -0.25) is 0 Å². The van der Waals surface area contributed by atoms with E-state index in [1.807, 2.05) is 0 Å². The lowest BCUT2D eigenvalue weighted by Crippen LogP contribution is -2.36. The quantitative estimate of drug-likeness (QED) is 0.446. The molecule has 2 fully saturated rings. The first kappa shape index (κ1) is 18.0. The highest BCUT2D eigenvalue weighted by Gasteiger charge is 2.40. The predicted molar refractivity (Wildman–Crippen MR) is 92.4 cm³/mol. The van der Waals surface area contributed by atoms with Crippen molar-refractivity contribution in [3.8, 4) is 11.5 Å². The predicted octanol–water partition coefficient (Wildman–Crippen LogP) is 3.99. The average molecular weight is 325 g/mol. The number of ether oxygens (including phenoxy) is 3. The number of hydrogen-bond donors (Lipinski definition) is 0. The van der Waals surface area contributed by atoms with E-state index in [9.17, 15) is 0 Å². The van der Waals surface area contributed by atoms with Crippen LogP contribution in [-0.2, 0) is 14.2 Å². The smallest absolute Gasteiger partial charge is 0.168 e. The molecule has 1 aliphatic heterocycles. The van der Waals surface area contributed by atoms with Gasteiger partial charge in [0.2, 0.25) is 0 Å². The van der Waals surface area contributed by atoms with Gasteiger partial charge in [-0.25, -0.2) is 0 Å². The second kappa shape index (κ2) is 7.05. The van der Waals surface area contributed by atoms with Crippen LogP contribution in [0.4, 0.5) is 0 Å². The number of hydrogen-bond acceptors (Lipinski definition) is 3. The molecule has 0 unspecified atom stereocenters. The molecule has 2 rings (SSSR count). The summed E-state index contributed by atoms with van der Waals surface area (Å²) < 4.78 is 17.3. The first-order valence-electron chi connectivity index (χ1n) is 8.60. The summed E-state index contributed by atoms with van der Waals surface area (Å²) in [6.45, 7) is 14.4. The summed E-state index contributed by atoms with van der Waals surface area (Å²) in [5, 5.41) is 0.318. The Bertz CT molecular complexity index is 412. The van der Waals surface area contributed by atoms with Crippen molar-refractivity contribution < 1.29 is 14.2 Å². The second-order valence-corrected chi connectivity index (χ2v) is 13.2. The summed E-state index contributed by atoms with van der Waals surface area (Å²) in [5.41, 5.74) is 3.50. The standard InChI is InChI=1S/C18H32O3Si/c1-17(2,3)22(4,5)14-6-11-19-15-16-7-9-18(10-8-16)20-12-13-21-18/h16H,7-13,15H2,1-5H3. The van der Waals surface area contributed by atoms with E-state index in [0.717, 1.165) is 45.5 Å². The Balaban J connectivity index is 1.66. The van der Waals surface area contributed by atoms with E-state index >= 15 is 0 Å². The van der Waals surface area contributed by atoms with Crippen molar-refractivity contribution >= 4 is 8.07 Å². The van der Waals surface area contributed by atoms with Crippen LogP contribution in [0.3, 0.4) is 0 Å². The fraction of sp³-hybridized carbons (Fsp3) is 0.889. The normalized spacial score (nSPS) is 22.6. The van der Waals surface area contributed by atoms with Gasteiger partial charge in [0.15, 0.2) is 5.79 Å². The minimum atomic E-state index is -1.49. The number of rotatable bonds is 3. The van der Waals surface area contributed by atoms with Gasteiger partial charge in [-0.15, -0.1) is 5.54 Å². The van der Waals surface area contributed by atoms with Crippen LogP contribution in [0.2, 0.25) is 18.1 Å². The lowest BCUT2D eigenvalue weighted by atomic mass is 9.85. The van der Waals surface area contributed by atoms with Crippen LogP contribution in [0.25, 0.3) is 0 Å². The molecule has 1 saturated carbocycles. The third-order valence-corrected chi connectivity index (χ3v) is 10.0. The highest BCUT2D eigenvalue weighted by Crippen LogP contribution is 2.38. The first-order valence-corrected chi connectivity index (χ1v) is 11.6. The van der Waals surface area contributed by atoms with Gasteiger partial charge in [-0.1, -0.05) is 39.8 Å². The van der Waals surface area contributed by atoms with Crippen LogP contribution in [0.5, 0.6) is 0 Å². The zero-order valence-corrected chi connectivity index (χ0v) is 16.0. The molecule has 0 atom stereocenters. The Hall–Kier alpha value is -0.343. The van der Waals surface area contributed by atoms with Gasteiger partial charge in [0.25, 0.3) is 0 Å².